The molecule has 1 aliphatic heterocycles. The van der Waals surface area contributed by atoms with Gasteiger partial charge >= 0.3 is 0 Å². The third-order valence-electron chi connectivity index (χ3n) is 4.25. The van der Waals surface area contributed by atoms with Crippen LogP contribution in [0.5, 0.6) is 11.5 Å². The third-order valence-corrected chi connectivity index (χ3v) is 6.60. The van der Waals surface area contributed by atoms with Crippen LogP contribution in [0.15, 0.2) is 17.0 Å². The van der Waals surface area contributed by atoms with Crippen molar-refractivity contribution in [2.45, 2.75) is 31.7 Å². The summed E-state index contributed by atoms with van der Waals surface area (Å²) in [5.41, 5.74) is 1.91. The lowest BCUT2D eigenvalue weighted by molar-refractivity contribution is 0.297. The summed E-state index contributed by atoms with van der Waals surface area (Å²) in [6.07, 6.45) is 0.795. The van der Waals surface area contributed by atoms with Crippen molar-refractivity contribution < 1.29 is 17.9 Å². The molecule has 1 aromatic heterocycles. The first kappa shape index (κ1) is 19.0. The molecule has 0 spiro atoms. The van der Waals surface area contributed by atoms with E-state index in [4.69, 9.17) is 21.1 Å². The molecule has 0 saturated carbocycles. The molecular weight excluding hydrogens is 378 g/mol. The van der Waals surface area contributed by atoms with Gasteiger partial charge in [0.15, 0.2) is 11.5 Å². The van der Waals surface area contributed by atoms with Crippen LogP contribution in [-0.4, -0.2) is 49.8 Å². The zero-order valence-corrected chi connectivity index (χ0v) is 16.8. The summed E-state index contributed by atoms with van der Waals surface area (Å²) in [5, 5.41) is 4.88. The molecule has 26 heavy (non-hydrogen) atoms. The Hall–Kier alpha value is -1.77. The van der Waals surface area contributed by atoms with Crippen molar-refractivity contribution >= 4 is 21.6 Å². The van der Waals surface area contributed by atoms with Crippen LogP contribution in [0.4, 0.5) is 0 Å². The number of hydrogen-bond acceptors (Lipinski definition) is 5. The number of nitrogens with zero attached hydrogens (tertiary/aromatic N) is 3. The minimum absolute atomic E-state index is 0.239. The fraction of sp³-hybridized carbons (Fsp3) is 0.471. The first-order valence-corrected chi connectivity index (χ1v) is 10.1. The number of ether oxygens (including phenoxy) is 2. The molecule has 2 heterocycles. The number of aryl methyl sites for hydroxylation is 1. The van der Waals surface area contributed by atoms with E-state index in [1.54, 1.807) is 24.6 Å². The van der Waals surface area contributed by atoms with Crippen molar-refractivity contribution in [3.8, 4) is 11.5 Å². The smallest absolute Gasteiger partial charge is 0.246 e. The molecule has 0 radical (unpaired) electrons. The summed E-state index contributed by atoms with van der Waals surface area (Å²) in [7, 11) is -0.540. The van der Waals surface area contributed by atoms with E-state index in [-0.39, 0.29) is 4.90 Å². The largest absolute Gasteiger partial charge is 0.489 e. The average Bonchev–Trinajstić information content (AvgIpc) is 2.73. The topological polar surface area (TPSA) is 73.7 Å². The summed E-state index contributed by atoms with van der Waals surface area (Å²) in [6, 6.07) is 3.66. The van der Waals surface area contributed by atoms with Crippen molar-refractivity contribution in [3.63, 3.8) is 0 Å². The lowest BCUT2D eigenvalue weighted by Crippen LogP contribution is -2.23. The van der Waals surface area contributed by atoms with Gasteiger partial charge in [0, 0.05) is 20.5 Å². The van der Waals surface area contributed by atoms with Gasteiger partial charge in [0.05, 0.1) is 36.2 Å². The van der Waals surface area contributed by atoms with Crippen LogP contribution in [0.1, 0.15) is 23.4 Å². The zero-order valence-electron chi connectivity index (χ0n) is 15.2. The molecule has 0 unspecified atom stereocenters. The minimum Gasteiger partial charge on any atom is -0.489 e. The highest BCUT2D eigenvalue weighted by Gasteiger charge is 2.27. The van der Waals surface area contributed by atoms with E-state index in [1.165, 1.54) is 18.4 Å². The monoisotopic (exact) mass is 399 g/mol. The number of halogens is 1. The maximum absolute atomic E-state index is 12.5. The molecule has 0 amide bonds. The van der Waals surface area contributed by atoms with Crippen molar-refractivity contribution in [2.24, 2.45) is 0 Å². The summed E-state index contributed by atoms with van der Waals surface area (Å²) < 4.78 is 39.3. The normalized spacial score (nSPS) is 14.5. The van der Waals surface area contributed by atoms with Gasteiger partial charge in [0.1, 0.15) is 4.90 Å². The van der Waals surface area contributed by atoms with E-state index in [1.807, 2.05) is 6.07 Å². The quantitative estimate of drug-likeness (QED) is 0.790. The van der Waals surface area contributed by atoms with Crippen LogP contribution in [0.2, 0.25) is 5.02 Å². The van der Waals surface area contributed by atoms with E-state index in [0.29, 0.717) is 47.7 Å². The lowest BCUT2D eigenvalue weighted by Gasteiger charge is -2.13. The first-order valence-electron chi connectivity index (χ1n) is 8.26. The Bertz CT molecular complexity index is 938. The second-order valence-electron chi connectivity index (χ2n) is 6.40. The molecule has 3 rings (SSSR count). The molecule has 0 atom stereocenters. The number of aromatic nitrogens is 2. The SMILES string of the molecule is Cc1nn(Cc2cc(Cl)c3c(c2)OCCCO3)c(C)c1S(=O)(=O)N(C)C. The average molecular weight is 400 g/mol. The minimum atomic E-state index is -3.56. The van der Waals surface area contributed by atoms with E-state index in [2.05, 4.69) is 5.10 Å². The molecule has 0 fully saturated rings. The molecule has 142 valence electrons. The number of benzene rings is 1. The second-order valence-corrected chi connectivity index (χ2v) is 8.90. The van der Waals surface area contributed by atoms with E-state index in [9.17, 15) is 8.42 Å². The van der Waals surface area contributed by atoms with Crippen LogP contribution in [-0.2, 0) is 16.6 Å². The fourth-order valence-electron chi connectivity index (χ4n) is 2.94. The van der Waals surface area contributed by atoms with Gasteiger partial charge in [-0.25, -0.2) is 12.7 Å². The highest BCUT2D eigenvalue weighted by atomic mass is 35.5. The van der Waals surface area contributed by atoms with Gasteiger partial charge in [0.25, 0.3) is 0 Å². The molecule has 0 bridgehead atoms. The van der Waals surface area contributed by atoms with Crippen molar-refractivity contribution in [3.05, 3.63) is 34.1 Å². The van der Waals surface area contributed by atoms with Gasteiger partial charge in [-0.2, -0.15) is 5.10 Å². The van der Waals surface area contributed by atoms with Crippen LogP contribution in [0.3, 0.4) is 0 Å². The Morgan fingerprint density at radius 3 is 2.62 bits per heavy atom. The molecule has 2 aromatic rings. The third kappa shape index (κ3) is 3.41. The van der Waals surface area contributed by atoms with Gasteiger partial charge in [0.2, 0.25) is 10.0 Å². The second kappa shape index (κ2) is 7.09. The summed E-state index contributed by atoms with van der Waals surface area (Å²) in [5.74, 6) is 1.16. The Morgan fingerprint density at radius 1 is 1.23 bits per heavy atom. The molecule has 7 nitrogen and oxygen atoms in total. The van der Waals surface area contributed by atoms with Gasteiger partial charge in [-0.3, -0.25) is 4.68 Å². The molecular formula is C17H22ClN3O4S. The van der Waals surface area contributed by atoms with Crippen LogP contribution < -0.4 is 9.47 Å². The standard InChI is InChI=1S/C17H22ClN3O4S/c1-11-17(26(22,23)20(3)4)12(2)21(19-11)10-13-8-14(18)16-15(9-13)24-6-5-7-25-16/h8-9H,5-7,10H2,1-4H3. The highest BCUT2D eigenvalue weighted by molar-refractivity contribution is 7.89. The Labute approximate surface area is 158 Å². The lowest BCUT2D eigenvalue weighted by atomic mass is 10.2. The van der Waals surface area contributed by atoms with E-state index >= 15 is 0 Å². The van der Waals surface area contributed by atoms with Gasteiger partial charge in [-0.05, 0) is 31.5 Å². The fourth-order valence-corrected chi connectivity index (χ4v) is 4.48. The van der Waals surface area contributed by atoms with E-state index in [0.717, 1.165) is 12.0 Å². The van der Waals surface area contributed by atoms with Crippen molar-refractivity contribution in [2.75, 3.05) is 27.3 Å². The van der Waals surface area contributed by atoms with E-state index < -0.39 is 10.0 Å². The zero-order chi connectivity index (χ0) is 19.1. The molecule has 0 aliphatic carbocycles. The molecule has 1 aromatic carbocycles. The predicted molar refractivity (Wildman–Crippen MR) is 98.7 cm³/mol. The molecule has 1 aliphatic rings. The van der Waals surface area contributed by atoms with Crippen molar-refractivity contribution in [1.82, 2.24) is 14.1 Å². The number of sulfonamides is 1. The van der Waals surface area contributed by atoms with Crippen LogP contribution >= 0.6 is 11.6 Å². The molecule has 9 heteroatoms. The summed E-state index contributed by atoms with van der Waals surface area (Å²) in [4.78, 5) is 0.239. The van der Waals surface area contributed by atoms with Gasteiger partial charge in [-0.15, -0.1) is 0 Å². The molecule has 0 N–H and O–H groups in total. The first-order chi connectivity index (χ1) is 12.2. The van der Waals surface area contributed by atoms with Gasteiger partial charge < -0.3 is 9.47 Å². The van der Waals surface area contributed by atoms with Crippen LogP contribution in [0, 0.1) is 13.8 Å². The Morgan fingerprint density at radius 2 is 1.92 bits per heavy atom. The summed E-state index contributed by atoms with van der Waals surface area (Å²) in [6.45, 7) is 4.96. The number of fused-ring (bicyclic) bond motifs is 1. The van der Waals surface area contributed by atoms with Gasteiger partial charge in [-0.1, -0.05) is 11.6 Å². The van der Waals surface area contributed by atoms with Crippen molar-refractivity contribution in [1.29, 1.82) is 0 Å². The summed E-state index contributed by atoms with van der Waals surface area (Å²) >= 11 is 6.34. The molecule has 0 saturated heterocycles. The number of rotatable bonds is 4. The van der Waals surface area contributed by atoms with Crippen LogP contribution in [0.25, 0.3) is 0 Å². The number of hydrogen-bond donors (Lipinski definition) is 0. The maximum atomic E-state index is 12.5. The Kier molecular flexibility index (Phi) is 5.18. The predicted octanol–water partition coefficient (Wildman–Crippen LogP) is 2.61. The highest BCUT2D eigenvalue weighted by Crippen LogP contribution is 2.38. The Balaban J connectivity index is 1.98. The maximum Gasteiger partial charge on any atom is 0.246 e.